The molecule has 0 saturated carbocycles. The Hall–Kier alpha value is -1.40. The van der Waals surface area contributed by atoms with E-state index in [2.05, 4.69) is 21.2 Å². The van der Waals surface area contributed by atoms with E-state index in [1.54, 1.807) is 11.8 Å². The number of rotatable bonds is 2. The standard InChI is InChI=1S/C15H17BrN2O3/c1-9(19)18-5-4-10-7-11(16)8-12(14(10)18)17-15(20)13-3-2-6-21-13/h7-8,13H,2-6H2,1H3,(H,17,20). The Morgan fingerprint density at radius 3 is 2.90 bits per heavy atom. The van der Waals surface area contributed by atoms with Crippen molar-refractivity contribution in [2.24, 2.45) is 0 Å². The van der Waals surface area contributed by atoms with Gasteiger partial charge in [-0.15, -0.1) is 0 Å². The van der Waals surface area contributed by atoms with Crippen molar-refractivity contribution in [1.82, 2.24) is 0 Å². The number of carbonyl (C=O) groups is 2. The third-order valence-electron chi connectivity index (χ3n) is 3.89. The number of anilines is 2. The zero-order valence-electron chi connectivity index (χ0n) is 11.8. The molecule has 1 N–H and O–H groups in total. The van der Waals surface area contributed by atoms with Crippen molar-refractivity contribution in [2.75, 3.05) is 23.4 Å². The Balaban J connectivity index is 1.91. The number of fused-ring (bicyclic) bond motifs is 1. The van der Waals surface area contributed by atoms with E-state index >= 15 is 0 Å². The summed E-state index contributed by atoms with van der Waals surface area (Å²) in [6.07, 6.45) is 2.08. The summed E-state index contributed by atoms with van der Waals surface area (Å²) in [5.74, 6) is -0.146. The molecule has 21 heavy (non-hydrogen) atoms. The second-order valence-electron chi connectivity index (χ2n) is 5.37. The minimum Gasteiger partial charge on any atom is -0.368 e. The average molecular weight is 353 g/mol. The molecule has 0 bridgehead atoms. The average Bonchev–Trinajstić information content (AvgIpc) is 3.07. The van der Waals surface area contributed by atoms with Crippen LogP contribution in [0.3, 0.4) is 0 Å². The molecule has 0 aliphatic carbocycles. The maximum atomic E-state index is 12.2. The zero-order valence-corrected chi connectivity index (χ0v) is 13.4. The quantitative estimate of drug-likeness (QED) is 0.889. The molecule has 0 radical (unpaired) electrons. The van der Waals surface area contributed by atoms with Gasteiger partial charge in [-0.1, -0.05) is 15.9 Å². The van der Waals surface area contributed by atoms with E-state index in [1.807, 2.05) is 12.1 Å². The molecule has 1 atom stereocenters. The maximum Gasteiger partial charge on any atom is 0.253 e. The highest BCUT2D eigenvalue weighted by Gasteiger charge is 2.29. The van der Waals surface area contributed by atoms with E-state index in [0.29, 0.717) is 18.8 Å². The Morgan fingerprint density at radius 2 is 2.24 bits per heavy atom. The Bertz CT molecular complexity index is 597. The molecule has 2 amide bonds. The van der Waals surface area contributed by atoms with Crippen LogP contribution in [0.5, 0.6) is 0 Å². The SMILES string of the molecule is CC(=O)N1CCc2cc(Br)cc(NC(=O)C3CCCO3)c21. The maximum absolute atomic E-state index is 12.2. The molecule has 1 aromatic carbocycles. The number of nitrogens with zero attached hydrogens (tertiary/aromatic N) is 1. The van der Waals surface area contributed by atoms with Crippen LogP contribution in [-0.2, 0) is 20.7 Å². The normalized spacial score (nSPS) is 20.5. The first-order valence-corrected chi connectivity index (χ1v) is 7.88. The van der Waals surface area contributed by atoms with Crippen molar-refractivity contribution >= 4 is 39.1 Å². The van der Waals surface area contributed by atoms with Gasteiger partial charge in [-0.25, -0.2) is 0 Å². The minimum absolute atomic E-state index is 0.0105. The Kier molecular flexibility index (Phi) is 3.99. The molecule has 2 heterocycles. The molecule has 0 spiro atoms. The number of carbonyl (C=O) groups excluding carboxylic acids is 2. The predicted octanol–water partition coefficient (Wildman–Crippen LogP) is 2.48. The van der Waals surface area contributed by atoms with Crippen LogP contribution in [-0.4, -0.2) is 31.1 Å². The fraction of sp³-hybridized carbons (Fsp3) is 0.467. The lowest BCUT2D eigenvalue weighted by Crippen LogP contribution is -2.30. The van der Waals surface area contributed by atoms with Gasteiger partial charge >= 0.3 is 0 Å². The highest BCUT2D eigenvalue weighted by molar-refractivity contribution is 9.10. The van der Waals surface area contributed by atoms with Crippen molar-refractivity contribution in [3.63, 3.8) is 0 Å². The molecule has 5 nitrogen and oxygen atoms in total. The van der Waals surface area contributed by atoms with Gasteiger partial charge in [0.2, 0.25) is 5.91 Å². The Morgan fingerprint density at radius 1 is 1.43 bits per heavy atom. The van der Waals surface area contributed by atoms with Gasteiger partial charge in [-0.2, -0.15) is 0 Å². The molecule has 112 valence electrons. The van der Waals surface area contributed by atoms with Crippen molar-refractivity contribution in [3.8, 4) is 0 Å². The third-order valence-corrected chi connectivity index (χ3v) is 4.35. The van der Waals surface area contributed by atoms with Gasteiger partial charge in [0.25, 0.3) is 5.91 Å². The lowest BCUT2D eigenvalue weighted by molar-refractivity contribution is -0.124. The predicted molar refractivity (Wildman–Crippen MR) is 83.5 cm³/mol. The molecule has 6 heteroatoms. The van der Waals surface area contributed by atoms with Crippen LogP contribution in [0.2, 0.25) is 0 Å². The second-order valence-corrected chi connectivity index (χ2v) is 6.29. The molecule has 1 aromatic rings. The highest BCUT2D eigenvalue weighted by atomic mass is 79.9. The van der Waals surface area contributed by atoms with Crippen LogP contribution < -0.4 is 10.2 Å². The molecule has 0 aromatic heterocycles. The van der Waals surface area contributed by atoms with Gasteiger partial charge < -0.3 is 15.0 Å². The molecule has 1 fully saturated rings. The van der Waals surface area contributed by atoms with E-state index in [9.17, 15) is 9.59 Å². The van der Waals surface area contributed by atoms with Gasteiger partial charge in [0.15, 0.2) is 0 Å². The van der Waals surface area contributed by atoms with Crippen LogP contribution in [0.4, 0.5) is 11.4 Å². The van der Waals surface area contributed by atoms with Gasteiger partial charge in [-0.05, 0) is 37.0 Å². The molecule has 1 unspecified atom stereocenters. The fourth-order valence-electron chi connectivity index (χ4n) is 2.92. The van der Waals surface area contributed by atoms with Crippen LogP contribution in [0.25, 0.3) is 0 Å². The topological polar surface area (TPSA) is 58.6 Å². The van der Waals surface area contributed by atoms with E-state index in [0.717, 1.165) is 35.0 Å². The van der Waals surface area contributed by atoms with Crippen molar-refractivity contribution in [3.05, 3.63) is 22.2 Å². The van der Waals surface area contributed by atoms with Crippen molar-refractivity contribution in [1.29, 1.82) is 0 Å². The zero-order chi connectivity index (χ0) is 15.0. The molecule has 3 rings (SSSR count). The van der Waals surface area contributed by atoms with Crippen LogP contribution in [0.15, 0.2) is 16.6 Å². The van der Waals surface area contributed by atoms with Gasteiger partial charge in [0.1, 0.15) is 6.10 Å². The Labute approximate surface area is 131 Å². The van der Waals surface area contributed by atoms with E-state index in [-0.39, 0.29) is 17.9 Å². The summed E-state index contributed by atoms with van der Waals surface area (Å²) in [5, 5.41) is 2.92. The molecular formula is C15H17BrN2O3. The lowest BCUT2D eigenvalue weighted by Gasteiger charge is -2.20. The smallest absolute Gasteiger partial charge is 0.253 e. The van der Waals surface area contributed by atoms with Crippen LogP contribution in [0, 0.1) is 0 Å². The summed E-state index contributed by atoms with van der Waals surface area (Å²) in [6.45, 7) is 2.83. The van der Waals surface area contributed by atoms with E-state index in [1.165, 1.54) is 0 Å². The molecule has 2 aliphatic heterocycles. The summed E-state index contributed by atoms with van der Waals surface area (Å²) in [6, 6.07) is 3.84. The van der Waals surface area contributed by atoms with E-state index < -0.39 is 0 Å². The van der Waals surface area contributed by atoms with Crippen molar-refractivity contribution in [2.45, 2.75) is 32.3 Å². The number of hydrogen-bond donors (Lipinski definition) is 1. The number of amides is 2. The number of benzene rings is 1. The number of halogens is 1. The highest BCUT2D eigenvalue weighted by Crippen LogP contribution is 2.38. The van der Waals surface area contributed by atoms with Crippen LogP contribution in [0.1, 0.15) is 25.3 Å². The number of nitrogens with one attached hydrogen (secondary N) is 1. The summed E-state index contributed by atoms with van der Waals surface area (Å²) in [5.41, 5.74) is 2.56. The summed E-state index contributed by atoms with van der Waals surface area (Å²) in [7, 11) is 0. The summed E-state index contributed by atoms with van der Waals surface area (Å²) >= 11 is 3.46. The fourth-order valence-corrected chi connectivity index (χ4v) is 3.42. The minimum atomic E-state index is -0.383. The molecule has 2 aliphatic rings. The second kappa shape index (κ2) is 5.77. The van der Waals surface area contributed by atoms with Gasteiger partial charge in [0, 0.05) is 24.5 Å². The molecule has 1 saturated heterocycles. The van der Waals surface area contributed by atoms with Crippen LogP contribution >= 0.6 is 15.9 Å². The first kappa shape index (κ1) is 14.5. The monoisotopic (exact) mass is 352 g/mol. The number of ether oxygens (including phenoxy) is 1. The largest absolute Gasteiger partial charge is 0.368 e. The lowest BCUT2D eigenvalue weighted by atomic mass is 10.1. The molecular weight excluding hydrogens is 336 g/mol. The third kappa shape index (κ3) is 2.82. The van der Waals surface area contributed by atoms with Gasteiger partial charge in [0.05, 0.1) is 11.4 Å². The first-order chi connectivity index (χ1) is 10.1. The van der Waals surface area contributed by atoms with Gasteiger partial charge in [-0.3, -0.25) is 9.59 Å². The van der Waals surface area contributed by atoms with Crippen molar-refractivity contribution < 1.29 is 14.3 Å². The number of hydrogen-bond acceptors (Lipinski definition) is 3. The van der Waals surface area contributed by atoms with E-state index in [4.69, 9.17) is 4.74 Å². The summed E-state index contributed by atoms with van der Waals surface area (Å²) in [4.78, 5) is 25.7. The summed E-state index contributed by atoms with van der Waals surface area (Å²) < 4.78 is 6.30. The first-order valence-electron chi connectivity index (χ1n) is 7.09.